The molecule has 1 aromatic heterocycles. The SMILES string of the molecule is NCc1scc2c1CN(C1CCCC(=O)CC1=O)C2=O. The predicted octanol–water partition coefficient (Wildman–Crippen LogP) is 1.24. The topological polar surface area (TPSA) is 80.5 Å². The molecule has 0 aromatic carbocycles. The van der Waals surface area contributed by atoms with E-state index in [0.29, 0.717) is 37.9 Å². The molecule has 1 atom stereocenters. The standard InChI is InChI=1S/C14H16N2O3S/c15-5-13-9-6-16(14(19)10(9)7-20-13)11-3-1-2-8(17)4-12(11)18/h7,11H,1-6,15H2. The van der Waals surface area contributed by atoms with E-state index in [9.17, 15) is 14.4 Å². The van der Waals surface area contributed by atoms with Gasteiger partial charge in [0.2, 0.25) is 0 Å². The number of carbonyl (C=O) groups is 3. The first-order valence-corrected chi connectivity index (χ1v) is 7.64. The Morgan fingerprint density at radius 1 is 1.35 bits per heavy atom. The smallest absolute Gasteiger partial charge is 0.255 e. The summed E-state index contributed by atoms with van der Waals surface area (Å²) in [5, 5.41) is 1.83. The monoisotopic (exact) mass is 292 g/mol. The summed E-state index contributed by atoms with van der Waals surface area (Å²) in [5.74, 6) is -0.228. The minimum atomic E-state index is -0.447. The zero-order chi connectivity index (χ0) is 14.3. The maximum absolute atomic E-state index is 12.4. The molecule has 6 heteroatoms. The number of fused-ring (bicyclic) bond motifs is 1. The molecule has 1 saturated carbocycles. The van der Waals surface area contributed by atoms with E-state index in [1.807, 2.05) is 5.38 Å². The first-order valence-electron chi connectivity index (χ1n) is 6.76. The quantitative estimate of drug-likeness (QED) is 0.657. The van der Waals surface area contributed by atoms with E-state index >= 15 is 0 Å². The van der Waals surface area contributed by atoms with Crippen LogP contribution < -0.4 is 5.73 Å². The fourth-order valence-corrected chi connectivity index (χ4v) is 3.90. The molecule has 0 spiro atoms. The van der Waals surface area contributed by atoms with Crippen LogP contribution in [-0.4, -0.2) is 28.4 Å². The van der Waals surface area contributed by atoms with Crippen molar-refractivity contribution >= 4 is 28.8 Å². The Morgan fingerprint density at radius 2 is 2.15 bits per heavy atom. The normalized spacial score (nSPS) is 23.1. The van der Waals surface area contributed by atoms with Crippen LogP contribution in [0.15, 0.2) is 5.38 Å². The van der Waals surface area contributed by atoms with Crippen LogP contribution in [0.2, 0.25) is 0 Å². The molecule has 0 radical (unpaired) electrons. The number of nitrogens with zero attached hydrogens (tertiary/aromatic N) is 1. The summed E-state index contributed by atoms with van der Waals surface area (Å²) in [6.07, 6.45) is 1.67. The number of hydrogen-bond donors (Lipinski definition) is 1. The molecule has 1 amide bonds. The van der Waals surface area contributed by atoms with Gasteiger partial charge in [-0.3, -0.25) is 14.4 Å². The Kier molecular flexibility index (Phi) is 3.43. The largest absolute Gasteiger partial charge is 0.326 e. The number of thiophene rings is 1. The summed E-state index contributed by atoms with van der Waals surface area (Å²) in [7, 11) is 0. The number of Topliss-reactive ketones (excluding diaryl/α,β-unsaturated/α-hetero) is 2. The average Bonchev–Trinajstić information content (AvgIpc) is 2.90. The van der Waals surface area contributed by atoms with Crippen molar-refractivity contribution in [3.8, 4) is 0 Å². The van der Waals surface area contributed by atoms with Crippen molar-refractivity contribution in [1.29, 1.82) is 0 Å². The second-order valence-corrected chi connectivity index (χ2v) is 6.24. The molecule has 1 aliphatic carbocycles. The number of carbonyl (C=O) groups excluding carboxylic acids is 3. The maximum atomic E-state index is 12.4. The van der Waals surface area contributed by atoms with Gasteiger partial charge in [0, 0.05) is 29.8 Å². The highest BCUT2D eigenvalue weighted by atomic mass is 32.1. The first kappa shape index (κ1) is 13.5. The lowest BCUT2D eigenvalue weighted by molar-refractivity contribution is -0.128. The second kappa shape index (κ2) is 5.10. The van der Waals surface area contributed by atoms with Crippen LogP contribution in [0.25, 0.3) is 0 Å². The molecule has 0 saturated heterocycles. The molecule has 2 heterocycles. The van der Waals surface area contributed by atoms with Crippen LogP contribution in [0.5, 0.6) is 0 Å². The first-order chi connectivity index (χ1) is 9.61. The third kappa shape index (κ3) is 2.09. The lowest BCUT2D eigenvalue weighted by Crippen LogP contribution is -2.41. The number of amides is 1. The molecule has 0 bridgehead atoms. The van der Waals surface area contributed by atoms with Gasteiger partial charge in [0.25, 0.3) is 5.91 Å². The Hall–Kier alpha value is -1.53. The lowest BCUT2D eigenvalue weighted by Gasteiger charge is -2.25. The Morgan fingerprint density at radius 3 is 2.90 bits per heavy atom. The third-order valence-electron chi connectivity index (χ3n) is 4.04. The van der Waals surface area contributed by atoms with Crippen LogP contribution in [0, 0.1) is 0 Å². The summed E-state index contributed by atoms with van der Waals surface area (Å²) >= 11 is 1.50. The van der Waals surface area contributed by atoms with Gasteiger partial charge in [-0.25, -0.2) is 0 Å². The highest BCUT2D eigenvalue weighted by Crippen LogP contribution is 2.33. The molecule has 1 unspecified atom stereocenters. The summed E-state index contributed by atoms with van der Waals surface area (Å²) in [6.45, 7) is 0.868. The molecule has 1 aromatic rings. The molecule has 1 fully saturated rings. The lowest BCUT2D eigenvalue weighted by atomic mass is 10.1. The molecule has 3 rings (SSSR count). The zero-order valence-corrected chi connectivity index (χ0v) is 11.9. The van der Waals surface area contributed by atoms with E-state index in [1.54, 1.807) is 4.90 Å². The van der Waals surface area contributed by atoms with Gasteiger partial charge in [0.15, 0.2) is 5.78 Å². The molecular weight excluding hydrogens is 276 g/mol. The van der Waals surface area contributed by atoms with Gasteiger partial charge in [-0.2, -0.15) is 0 Å². The summed E-state index contributed by atoms with van der Waals surface area (Å²) in [5.41, 5.74) is 7.32. The van der Waals surface area contributed by atoms with Crippen molar-refractivity contribution in [1.82, 2.24) is 4.90 Å². The highest BCUT2D eigenvalue weighted by Gasteiger charge is 2.39. The van der Waals surface area contributed by atoms with Crippen molar-refractivity contribution in [2.45, 2.75) is 44.8 Å². The van der Waals surface area contributed by atoms with Gasteiger partial charge in [-0.05, 0) is 18.4 Å². The minimum absolute atomic E-state index is 0.0130. The van der Waals surface area contributed by atoms with Crippen molar-refractivity contribution < 1.29 is 14.4 Å². The van der Waals surface area contributed by atoms with Gasteiger partial charge >= 0.3 is 0 Å². The Labute approximate surface area is 120 Å². The average molecular weight is 292 g/mol. The van der Waals surface area contributed by atoms with E-state index in [-0.39, 0.29) is 23.9 Å². The van der Waals surface area contributed by atoms with E-state index in [2.05, 4.69) is 0 Å². The molecule has 106 valence electrons. The number of nitrogens with two attached hydrogens (primary N) is 1. The van der Waals surface area contributed by atoms with Crippen molar-refractivity contribution in [3.05, 3.63) is 21.4 Å². The zero-order valence-electron chi connectivity index (χ0n) is 11.1. The molecule has 1 aliphatic heterocycles. The summed E-state index contributed by atoms with van der Waals surface area (Å²) in [6, 6.07) is -0.447. The molecular formula is C14H16N2O3S. The summed E-state index contributed by atoms with van der Waals surface area (Å²) < 4.78 is 0. The van der Waals surface area contributed by atoms with Crippen LogP contribution >= 0.6 is 11.3 Å². The summed E-state index contributed by atoms with van der Waals surface area (Å²) in [4.78, 5) is 38.7. The van der Waals surface area contributed by atoms with Gasteiger partial charge in [0.1, 0.15) is 5.78 Å². The van der Waals surface area contributed by atoms with E-state index in [4.69, 9.17) is 5.73 Å². The third-order valence-corrected chi connectivity index (χ3v) is 5.09. The van der Waals surface area contributed by atoms with Gasteiger partial charge < -0.3 is 10.6 Å². The van der Waals surface area contributed by atoms with Crippen LogP contribution in [0.3, 0.4) is 0 Å². The van der Waals surface area contributed by atoms with Crippen molar-refractivity contribution in [2.24, 2.45) is 5.73 Å². The number of hydrogen-bond acceptors (Lipinski definition) is 5. The van der Waals surface area contributed by atoms with E-state index < -0.39 is 6.04 Å². The minimum Gasteiger partial charge on any atom is -0.326 e. The Balaban J connectivity index is 1.86. The fourth-order valence-electron chi connectivity index (χ4n) is 2.98. The second-order valence-electron chi connectivity index (χ2n) is 5.28. The highest BCUT2D eigenvalue weighted by molar-refractivity contribution is 7.10. The Bertz CT molecular complexity index is 593. The van der Waals surface area contributed by atoms with Crippen LogP contribution in [0.1, 0.15) is 46.5 Å². The van der Waals surface area contributed by atoms with E-state index in [0.717, 1.165) is 10.4 Å². The maximum Gasteiger partial charge on any atom is 0.255 e. The number of ketones is 2. The van der Waals surface area contributed by atoms with E-state index in [1.165, 1.54) is 11.3 Å². The van der Waals surface area contributed by atoms with Crippen LogP contribution in [0.4, 0.5) is 0 Å². The molecule has 2 N–H and O–H groups in total. The van der Waals surface area contributed by atoms with Gasteiger partial charge in [-0.15, -0.1) is 11.3 Å². The predicted molar refractivity (Wildman–Crippen MR) is 74.4 cm³/mol. The van der Waals surface area contributed by atoms with Crippen LogP contribution in [-0.2, 0) is 22.7 Å². The molecule has 5 nitrogen and oxygen atoms in total. The molecule has 2 aliphatic rings. The van der Waals surface area contributed by atoms with Crippen molar-refractivity contribution in [3.63, 3.8) is 0 Å². The fraction of sp³-hybridized carbons (Fsp3) is 0.500. The van der Waals surface area contributed by atoms with Gasteiger partial charge in [-0.1, -0.05) is 0 Å². The molecule has 20 heavy (non-hydrogen) atoms. The van der Waals surface area contributed by atoms with Gasteiger partial charge in [0.05, 0.1) is 18.0 Å². The van der Waals surface area contributed by atoms with Crippen molar-refractivity contribution in [2.75, 3.05) is 0 Å². The number of rotatable bonds is 2.